The van der Waals surface area contributed by atoms with E-state index in [1.807, 2.05) is 22.8 Å². The van der Waals surface area contributed by atoms with Gasteiger partial charge in [-0.25, -0.2) is 4.98 Å². The van der Waals surface area contributed by atoms with Crippen LogP contribution in [0.15, 0.2) is 49.1 Å². The molecule has 2 N–H and O–H groups in total. The van der Waals surface area contributed by atoms with Crippen LogP contribution < -0.4 is 5.73 Å². The molecule has 3 aromatic rings. The molecule has 0 fully saturated rings. The van der Waals surface area contributed by atoms with E-state index in [0.29, 0.717) is 12.1 Å². The summed E-state index contributed by atoms with van der Waals surface area (Å²) in [4.78, 5) is 19.7. The Labute approximate surface area is 109 Å². The molecule has 2 heterocycles. The first-order valence-electron chi connectivity index (χ1n) is 5.88. The molecule has 3 rings (SSSR count). The average Bonchev–Trinajstić information content (AvgIpc) is 2.83. The van der Waals surface area contributed by atoms with Gasteiger partial charge in [-0.05, 0) is 17.7 Å². The van der Waals surface area contributed by atoms with Gasteiger partial charge in [0.15, 0.2) is 0 Å². The normalized spacial score (nSPS) is 10.7. The second-order valence-corrected chi connectivity index (χ2v) is 4.26. The van der Waals surface area contributed by atoms with Crippen LogP contribution in [0.3, 0.4) is 0 Å². The Balaban J connectivity index is 2.04. The van der Waals surface area contributed by atoms with Crippen LogP contribution in [0.1, 0.15) is 15.9 Å². The van der Waals surface area contributed by atoms with Gasteiger partial charge in [0.1, 0.15) is 5.52 Å². The van der Waals surface area contributed by atoms with E-state index in [1.165, 1.54) is 0 Å². The molecule has 0 aliphatic carbocycles. The summed E-state index contributed by atoms with van der Waals surface area (Å²) in [6.07, 6.45) is 5.18. The predicted molar refractivity (Wildman–Crippen MR) is 71.6 cm³/mol. The molecule has 5 heteroatoms. The number of carbonyl (C=O) groups is 1. The molecule has 0 aliphatic heterocycles. The Kier molecular flexibility index (Phi) is 2.72. The molecule has 0 saturated heterocycles. The maximum absolute atomic E-state index is 11.4. The Bertz CT molecular complexity index is 748. The van der Waals surface area contributed by atoms with Crippen LogP contribution in [0.4, 0.5) is 0 Å². The van der Waals surface area contributed by atoms with Crippen molar-refractivity contribution in [1.82, 2.24) is 14.5 Å². The van der Waals surface area contributed by atoms with Crippen LogP contribution in [-0.4, -0.2) is 20.4 Å². The van der Waals surface area contributed by atoms with E-state index in [-0.39, 0.29) is 0 Å². The summed E-state index contributed by atoms with van der Waals surface area (Å²) >= 11 is 0. The first-order valence-corrected chi connectivity index (χ1v) is 5.88. The van der Waals surface area contributed by atoms with Crippen molar-refractivity contribution in [2.45, 2.75) is 6.54 Å². The van der Waals surface area contributed by atoms with E-state index in [1.54, 1.807) is 30.9 Å². The first kappa shape index (κ1) is 11.4. The summed E-state index contributed by atoms with van der Waals surface area (Å²) in [7, 11) is 0. The van der Waals surface area contributed by atoms with Crippen molar-refractivity contribution in [1.29, 1.82) is 0 Å². The Morgan fingerprint density at radius 2 is 2.11 bits per heavy atom. The van der Waals surface area contributed by atoms with Crippen molar-refractivity contribution >= 4 is 16.9 Å². The summed E-state index contributed by atoms with van der Waals surface area (Å²) < 4.78 is 1.97. The number of amides is 1. The number of nitrogens with two attached hydrogens (primary N) is 1. The maximum atomic E-state index is 11.4. The second kappa shape index (κ2) is 4.53. The van der Waals surface area contributed by atoms with Gasteiger partial charge in [0.05, 0.1) is 18.0 Å². The molecule has 0 spiro atoms. The SMILES string of the molecule is NC(=O)c1ccccc1Cn1cnc2cnccc21. The number of benzene rings is 1. The van der Waals surface area contributed by atoms with Crippen LogP contribution >= 0.6 is 0 Å². The number of pyridine rings is 1. The number of imidazole rings is 1. The van der Waals surface area contributed by atoms with E-state index in [0.717, 1.165) is 16.6 Å². The summed E-state index contributed by atoms with van der Waals surface area (Å²) in [5, 5.41) is 0. The average molecular weight is 252 g/mol. The number of primary amides is 1. The molecule has 1 aromatic carbocycles. The monoisotopic (exact) mass is 252 g/mol. The zero-order valence-electron chi connectivity index (χ0n) is 10.2. The van der Waals surface area contributed by atoms with Crippen LogP contribution in [0, 0.1) is 0 Å². The number of hydrogen-bond donors (Lipinski definition) is 1. The van der Waals surface area contributed by atoms with Crippen molar-refractivity contribution in [2.24, 2.45) is 5.73 Å². The summed E-state index contributed by atoms with van der Waals surface area (Å²) in [6.45, 7) is 0.555. The summed E-state index contributed by atoms with van der Waals surface area (Å²) in [6, 6.07) is 9.22. The van der Waals surface area contributed by atoms with E-state index in [4.69, 9.17) is 5.73 Å². The molecule has 2 aromatic heterocycles. The highest BCUT2D eigenvalue weighted by atomic mass is 16.1. The Morgan fingerprint density at radius 3 is 2.95 bits per heavy atom. The van der Waals surface area contributed by atoms with E-state index >= 15 is 0 Å². The van der Waals surface area contributed by atoms with Gasteiger partial charge < -0.3 is 10.3 Å². The highest BCUT2D eigenvalue weighted by Gasteiger charge is 2.09. The van der Waals surface area contributed by atoms with E-state index < -0.39 is 5.91 Å². The Hall–Kier alpha value is -2.69. The topological polar surface area (TPSA) is 73.8 Å². The zero-order chi connectivity index (χ0) is 13.2. The lowest BCUT2D eigenvalue weighted by molar-refractivity contribution is 0.0999. The molecule has 0 saturated carbocycles. The molecule has 94 valence electrons. The largest absolute Gasteiger partial charge is 0.366 e. The summed E-state index contributed by atoms with van der Waals surface area (Å²) in [5.74, 6) is -0.415. The fourth-order valence-corrected chi connectivity index (χ4v) is 2.12. The minimum absolute atomic E-state index is 0.415. The van der Waals surface area contributed by atoms with Gasteiger partial charge in [0.25, 0.3) is 0 Å². The Morgan fingerprint density at radius 1 is 1.26 bits per heavy atom. The minimum Gasteiger partial charge on any atom is -0.366 e. The molecule has 0 radical (unpaired) electrons. The van der Waals surface area contributed by atoms with E-state index in [9.17, 15) is 4.79 Å². The lowest BCUT2D eigenvalue weighted by Gasteiger charge is -2.08. The zero-order valence-corrected chi connectivity index (χ0v) is 10.2. The standard InChI is InChI=1S/C14H12N4O/c15-14(19)11-4-2-1-3-10(11)8-18-9-17-12-7-16-6-5-13(12)18/h1-7,9H,8H2,(H2,15,19). The number of fused-ring (bicyclic) bond motifs is 1. The third-order valence-electron chi connectivity index (χ3n) is 3.05. The smallest absolute Gasteiger partial charge is 0.249 e. The van der Waals surface area contributed by atoms with Gasteiger partial charge in [0, 0.05) is 18.3 Å². The van der Waals surface area contributed by atoms with Crippen molar-refractivity contribution in [3.8, 4) is 0 Å². The van der Waals surface area contributed by atoms with Gasteiger partial charge in [-0.15, -0.1) is 0 Å². The van der Waals surface area contributed by atoms with Crippen LogP contribution in [0.25, 0.3) is 11.0 Å². The van der Waals surface area contributed by atoms with Crippen molar-refractivity contribution in [2.75, 3.05) is 0 Å². The molecule has 19 heavy (non-hydrogen) atoms. The quantitative estimate of drug-likeness (QED) is 0.769. The predicted octanol–water partition coefficient (Wildman–Crippen LogP) is 1.58. The summed E-state index contributed by atoms with van der Waals surface area (Å²) in [5.41, 5.74) is 8.62. The van der Waals surface area contributed by atoms with Gasteiger partial charge in [-0.2, -0.15) is 0 Å². The van der Waals surface area contributed by atoms with Gasteiger partial charge in [0.2, 0.25) is 5.91 Å². The first-order chi connectivity index (χ1) is 9.25. The molecule has 0 aliphatic rings. The third-order valence-corrected chi connectivity index (χ3v) is 3.05. The molecule has 0 atom stereocenters. The van der Waals surface area contributed by atoms with E-state index in [2.05, 4.69) is 9.97 Å². The maximum Gasteiger partial charge on any atom is 0.249 e. The van der Waals surface area contributed by atoms with Gasteiger partial charge in [-0.3, -0.25) is 9.78 Å². The number of hydrogen-bond acceptors (Lipinski definition) is 3. The number of rotatable bonds is 3. The number of aromatic nitrogens is 3. The molecule has 1 amide bonds. The van der Waals surface area contributed by atoms with Crippen molar-refractivity contribution in [3.05, 3.63) is 60.2 Å². The second-order valence-electron chi connectivity index (χ2n) is 4.26. The minimum atomic E-state index is -0.415. The lowest BCUT2D eigenvalue weighted by atomic mass is 10.1. The lowest BCUT2D eigenvalue weighted by Crippen LogP contribution is -2.14. The third kappa shape index (κ3) is 2.06. The number of nitrogens with zero attached hydrogens (tertiary/aromatic N) is 3. The van der Waals surface area contributed by atoms with Crippen molar-refractivity contribution < 1.29 is 4.79 Å². The van der Waals surface area contributed by atoms with Gasteiger partial charge >= 0.3 is 0 Å². The highest BCUT2D eigenvalue weighted by Crippen LogP contribution is 2.15. The fraction of sp³-hybridized carbons (Fsp3) is 0.0714. The molecular weight excluding hydrogens is 240 g/mol. The molecule has 5 nitrogen and oxygen atoms in total. The van der Waals surface area contributed by atoms with Crippen LogP contribution in [0.5, 0.6) is 0 Å². The molecule has 0 unspecified atom stereocenters. The number of carbonyl (C=O) groups excluding carboxylic acids is 1. The van der Waals surface area contributed by atoms with Gasteiger partial charge in [-0.1, -0.05) is 18.2 Å². The van der Waals surface area contributed by atoms with Crippen LogP contribution in [-0.2, 0) is 6.54 Å². The molecule has 0 bridgehead atoms. The highest BCUT2D eigenvalue weighted by molar-refractivity contribution is 5.94. The fourth-order valence-electron chi connectivity index (χ4n) is 2.12. The van der Waals surface area contributed by atoms with Crippen molar-refractivity contribution in [3.63, 3.8) is 0 Å². The molecular formula is C14H12N4O. The van der Waals surface area contributed by atoms with Crippen LogP contribution in [0.2, 0.25) is 0 Å².